The van der Waals surface area contributed by atoms with Gasteiger partial charge in [0.2, 0.25) is 0 Å². The van der Waals surface area contributed by atoms with Crippen molar-refractivity contribution in [2.24, 2.45) is 0 Å². The quantitative estimate of drug-likeness (QED) is 0.496. The van der Waals surface area contributed by atoms with Gasteiger partial charge in [0.1, 0.15) is 12.2 Å². The zero-order valence-corrected chi connectivity index (χ0v) is 17.5. The van der Waals surface area contributed by atoms with Crippen LogP contribution in [0.5, 0.6) is 0 Å². The lowest BCUT2D eigenvalue weighted by molar-refractivity contribution is -0.0214. The molecule has 0 heterocycles. The number of carbonyl (C=O) groups excluding carboxylic acids is 1. The Balaban J connectivity index is 1.19. The van der Waals surface area contributed by atoms with E-state index in [0.717, 1.165) is 62.7 Å². The summed E-state index contributed by atoms with van der Waals surface area (Å²) >= 11 is 0. The number of nitrogen functional groups attached to an aromatic ring is 2. The third-order valence-electron chi connectivity index (χ3n) is 6.64. The molecular formula is C25H32N2O3. The first-order chi connectivity index (χ1) is 14.6. The Hall–Kier alpha value is -2.69. The fourth-order valence-corrected chi connectivity index (χ4v) is 4.95. The Labute approximate surface area is 178 Å². The van der Waals surface area contributed by atoms with E-state index in [1.165, 1.54) is 11.1 Å². The topological polar surface area (TPSA) is 87.6 Å². The molecule has 0 spiro atoms. The van der Waals surface area contributed by atoms with E-state index in [1.54, 1.807) is 0 Å². The van der Waals surface area contributed by atoms with E-state index < -0.39 is 6.16 Å². The van der Waals surface area contributed by atoms with Crippen LogP contribution in [0.15, 0.2) is 48.5 Å². The molecule has 2 aromatic rings. The second kappa shape index (κ2) is 9.41. The molecule has 30 heavy (non-hydrogen) atoms. The van der Waals surface area contributed by atoms with Crippen molar-refractivity contribution in [2.75, 3.05) is 11.5 Å². The van der Waals surface area contributed by atoms with Crippen molar-refractivity contribution in [3.05, 3.63) is 59.7 Å². The molecule has 4 rings (SSSR count). The van der Waals surface area contributed by atoms with E-state index >= 15 is 0 Å². The van der Waals surface area contributed by atoms with E-state index in [4.69, 9.17) is 20.9 Å². The number of hydrogen-bond donors (Lipinski definition) is 2. The molecule has 0 unspecified atom stereocenters. The molecule has 5 nitrogen and oxygen atoms in total. The van der Waals surface area contributed by atoms with Gasteiger partial charge in [0.05, 0.1) is 0 Å². The summed E-state index contributed by atoms with van der Waals surface area (Å²) < 4.78 is 11.3. The number of hydrogen-bond acceptors (Lipinski definition) is 5. The van der Waals surface area contributed by atoms with Gasteiger partial charge in [-0.25, -0.2) is 4.79 Å². The SMILES string of the molecule is Nc1cccc(C2CCC(OC(=O)OC3CCC(c4cccc(N)c4)CC3)CC2)c1. The van der Waals surface area contributed by atoms with E-state index in [9.17, 15) is 4.79 Å². The molecule has 0 bridgehead atoms. The van der Waals surface area contributed by atoms with Gasteiger partial charge >= 0.3 is 6.16 Å². The maximum Gasteiger partial charge on any atom is 0.508 e. The maximum absolute atomic E-state index is 12.3. The summed E-state index contributed by atoms with van der Waals surface area (Å²) in [5, 5.41) is 0. The zero-order valence-electron chi connectivity index (χ0n) is 17.5. The van der Waals surface area contributed by atoms with Gasteiger partial charge in [-0.3, -0.25) is 0 Å². The van der Waals surface area contributed by atoms with Crippen LogP contribution in [0.3, 0.4) is 0 Å². The number of anilines is 2. The van der Waals surface area contributed by atoms with Crippen LogP contribution in [-0.4, -0.2) is 18.4 Å². The maximum atomic E-state index is 12.3. The summed E-state index contributed by atoms with van der Waals surface area (Å²) in [6, 6.07) is 16.2. The molecule has 2 fully saturated rings. The van der Waals surface area contributed by atoms with E-state index in [-0.39, 0.29) is 12.2 Å². The van der Waals surface area contributed by atoms with Crippen molar-refractivity contribution in [1.29, 1.82) is 0 Å². The second-order valence-corrected chi connectivity index (χ2v) is 8.77. The molecule has 0 amide bonds. The lowest BCUT2D eigenvalue weighted by Crippen LogP contribution is -2.28. The molecule has 160 valence electrons. The Kier molecular flexibility index (Phi) is 6.46. The number of benzene rings is 2. The smallest absolute Gasteiger partial charge is 0.431 e. The molecule has 2 aliphatic rings. The van der Waals surface area contributed by atoms with E-state index in [1.807, 2.05) is 24.3 Å². The molecule has 2 saturated carbocycles. The molecule has 0 aromatic heterocycles. The van der Waals surface area contributed by atoms with Crippen molar-refractivity contribution in [2.45, 2.75) is 75.4 Å². The standard InChI is InChI=1S/C25H32N2O3/c26-21-5-1-3-19(15-21)17-7-11-23(12-8-17)29-25(28)30-24-13-9-18(10-14-24)20-4-2-6-22(27)16-20/h1-6,15-18,23-24H,7-14,26-27H2. The van der Waals surface area contributed by atoms with Crippen LogP contribution >= 0.6 is 0 Å². The van der Waals surface area contributed by atoms with Crippen LogP contribution in [0.25, 0.3) is 0 Å². The van der Waals surface area contributed by atoms with Crippen LogP contribution in [0, 0.1) is 0 Å². The van der Waals surface area contributed by atoms with Crippen molar-refractivity contribution in [1.82, 2.24) is 0 Å². The first-order valence-electron chi connectivity index (χ1n) is 11.1. The van der Waals surface area contributed by atoms with Crippen LogP contribution in [-0.2, 0) is 9.47 Å². The van der Waals surface area contributed by atoms with E-state index in [0.29, 0.717) is 11.8 Å². The molecular weight excluding hydrogens is 376 g/mol. The van der Waals surface area contributed by atoms with Crippen molar-refractivity contribution < 1.29 is 14.3 Å². The minimum Gasteiger partial charge on any atom is -0.431 e. The Morgan fingerprint density at radius 3 is 1.43 bits per heavy atom. The molecule has 4 N–H and O–H groups in total. The predicted octanol–water partition coefficient (Wildman–Crippen LogP) is 5.76. The fourth-order valence-electron chi connectivity index (χ4n) is 4.95. The Morgan fingerprint density at radius 2 is 1.07 bits per heavy atom. The number of nitrogens with two attached hydrogens (primary N) is 2. The normalized spacial score (nSPS) is 26.7. The summed E-state index contributed by atoms with van der Waals surface area (Å²) in [7, 11) is 0. The summed E-state index contributed by atoms with van der Waals surface area (Å²) in [6.45, 7) is 0. The van der Waals surface area contributed by atoms with Crippen molar-refractivity contribution in [3.8, 4) is 0 Å². The third kappa shape index (κ3) is 5.26. The van der Waals surface area contributed by atoms with Crippen molar-refractivity contribution in [3.63, 3.8) is 0 Å². The molecule has 2 aromatic carbocycles. The highest BCUT2D eigenvalue weighted by molar-refractivity contribution is 5.60. The largest absolute Gasteiger partial charge is 0.508 e. The highest BCUT2D eigenvalue weighted by Gasteiger charge is 2.29. The average Bonchev–Trinajstić information content (AvgIpc) is 2.75. The van der Waals surface area contributed by atoms with Gasteiger partial charge in [0, 0.05) is 11.4 Å². The second-order valence-electron chi connectivity index (χ2n) is 8.77. The molecule has 0 aliphatic heterocycles. The summed E-state index contributed by atoms with van der Waals surface area (Å²) in [6.07, 6.45) is 6.92. The molecule has 5 heteroatoms. The minimum atomic E-state index is -0.505. The summed E-state index contributed by atoms with van der Waals surface area (Å²) in [4.78, 5) is 12.3. The molecule has 2 aliphatic carbocycles. The Morgan fingerprint density at radius 1 is 0.667 bits per heavy atom. The van der Waals surface area contributed by atoms with Gasteiger partial charge in [-0.2, -0.15) is 0 Å². The molecule has 0 radical (unpaired) electrons. The highest BCUT2D eigenvalue weighted by Crippen LogP contribution is 2.36. The zero-order chi connectivity index (χ0) is 20.9. The number of rotatable bonds is 4. The first kappa shape index (κ1) is 20.6. The van der Waals surface area contributed by atoms with Crippen LogP contribution < -0.4 is 11.5 Å². The minimum absolute atomic E-state index is 0.0431. The lowest BCUT2D eigenvalue weighted by Gasteiger charge is -2.31. The summed E-state index contributed by atoms with van der Waals surface area (Å²) in [5.74, 6) is 0.985. The molecule has 0 atom stereocenters. The van der Waals surface area contributed by atoms with E-state index in [2.05, 4.69) is 24.3 Å². The Bertz CT molecular complexity index is 783. The van der Waals surface area contributed by atoms with Crippen LogP contribution in [0.1, 0.15) is 74.3 Å². The van der Waals surface area contributed by atoms with Gasteiger partial charge in [-0.05, 0) is 98.6 Å². The number of carbonyl (C=O) groups is 1. The van der Waals surface area contributed by atoms with Gasteiger partial charge in [-0.1, -0.05) is 24.3 Å². The van der Waals surface area contributed by atoms with Crippen molar-refractivity contribution >= 4 is 17.5 Å². The van der Waals surface area contributed by atoms with Gasteiger partial charge in [0.25, 0.3) is 0 Å². The highest BCUT2D eigenvalue weighted by atomic mass is 16.7. The molecule has 0 saturated heterocycles. The monoisotopic (exact) mass is 408 g/mol. The fraction of sp³-hybridized carbons (Fsp3) is 0.480. The summed E-state index contributed by atoms with van der Waals surface area (Å²) in [5.41, 5.74) is 16.0. The third-order valence-corrected chi connectivity index (χ3v) is 6.64. The van der Waals surface area contributed by atoms with Gasteiger partial charge < -0.3 is 20.9 Å². The number of ether oxygens (including phenoxy) is 2. The predicted molar refractivity (Wildman–Crippen MR) is 119 cm³/mol. The van der Waals surface area contributed by atoms with Crippen LogP contribution in [0.2, 0.25) is 0 Å². The first-order valence-corrected chi connectivity index (χ1v) is 11.1. The van der Waals surface area contributed by atoms with Crippen LogP contribution in [0.4, 0.5) is 16.2 Å². The average molecular weight is 409 g/mol. The lowest BCUT2D eigenvalue weighted by atomic mass is 9.82. The van der Waals surface area contributed by atoms with Gasteiger partial charge in [-0.15, -0.1) is 0 Å². The van der Waals surface area contributed by atoms with Gasteiger partial charge in [0.15, 0.2) is 0 Å².